The molecule has 2 rings (SSSR count). The zero-order chi connectivity index (χ0) is 15.8. The number of rotatable bonds is 3. The van der Waals surface area contributed by atoms with E-state index in [1.54, 1.807) is 4.72 Å². The molecular weight excluding hydrogens is 305 g/mol. The minimum absolute atomic E-state index is 0.0662. The molecule has 0 spiro atoms. The molecule has 0 radical (unpaired) electrons. The first kappa shape index (κ1) is 15.2. The Morgan fingerprint density at radius 1 is 1.10 bits per heavy atom. The third-order valence-electron chi connectivity index (χ3n) is 2.81. The molecule has 3 N–H and O–H groups in total. The van der Waals surface area contributed by atoms with E-state index in [1.165, 1.54) is 6.92 Å². The number of hydrogen-bond acceptors (Lipinski definition) is 3. The van der Waals surface area contributed by atoms with Crippen LogP contribution in [-0.4, -0.2) is 8.42 Å². The lowest BCUT2D eigenvalue weighted by Crippen LogP contribution is -2.16. The molecule has 0 heterocycles. The summed E-state index contributed by atoms with van der Waals surface area (Å²) in [6.07, 6.45) is 0. The molecular formula is C13H11F3N2O2S. The number of aryl methyl sites for hydroxylation is 1. The zero-order valence-corrected chi connectivity index (χ0v) is 11.6. The van der Waals surface area contributed by atoms with E-state index in [1.807, 2.05) is 0 Å². The normalized spacial score (nSPS) is 11.4. The van der Waals surface area contributed by atoms with Crippen LogP contribution in [0.15, 0.2) is 35.2 Å². The van der Waals surface area contributed by atoms with Crippen molar-refractivity contribution in [1.82, 2.24) is 0 Å². The minimum Gasteiger partial charge on any atom is -0.398 e. The van der Waals surface area contributed by atoms with Crippen LogP contribution >= 0.6 is 0 Å². The maximum atomic E-state index is 13.8. The predicted octanol–water partition coefficient (Wildman–Crippen LogP) is 2.80. The maximum absolute atomic E-state index is 13.8. The molecule has 0 amide bonds. The van der Waals surface area contributed by atoms with E-state index < -0.39 is 38.1 Å². The number of halogens is 3. The van der Waals surface area contributed by atoms with Gasteiger partial charge in [-0.25, -0.2) is 21.6 Å². The number of sulfonamides is 1. The molecule has 0 aromatic heterocycles. The molecule has 0 aliphatic rings. The van der Waals surface area contributed by atoms with Gasteiger partial charge in [-0.3, -0.25) is 4.72 Å². The largest absolute Gasteiger partial charge is 0.398 e. The van der Waals surface area contributed by atoms with E-state index in [2.05, 4.69) is 0 Å². The summed E-state index contributed by atoms with van der Waals surface area (Å²) in [5.74, 6) is -3.63. The van der Waals surface area contributed by atoms with Gasteiger partial charge in [-0.15, -0.1) is 0 Å². The van der Waals surface area contributed by atoms with Gasteiger partial charge in [-0.2, -0.15) is 0 Å². The summed E-state index contributed by atoms with van der Waals surface area (Å²) in [5, 5.41) is 0. The topological polar surface area (TPSA) is 72.2 Å². The second kappa shape index (κ2) is 5.28. The van der Waals surface area contributed by atoms with Crippen LogP contribution in [0, 0.1) is 24.4 Å². The molecule has 0 fully saturated rings. The zero-order valence-electron chi connectivity index (χ0n) is 10.8. The van der Waals surface area contributed by atoms with Crippen molar-refractivity contribution in [3.05, 3.63) is 53.3 Å². The van der Waals surface area contributed by atoms with Gasteiger partial charge in [0.15, 0.2) is 11.6 Å². The molecule has 0 aliphatic heterocycles. The molecule has 0 saturated carbocycles. The molecule has 21 heavy (non-hydrogen) atoms. The average molecular weight is 316 g/mol. The van der Waals surface area contributed by atoms with Crippen molar-refractivity contribution in [2.24, 2.45) is 0 Å². The molecule has 0 saturated heterocycles. The highest BCUT2D eigenvalue weighted by molar-refractivity contribution is 7.92. The van der Waals surface area contributed by atoms with E-state index in [9.17, 15) is 21.6 Å². The Balaban J connectivity index is 2.48. The lowest BCUT2D eigenvalue weighted by atomic mass is 10.2. The van der Waals surface area contributed by atoms with Crippen LogP contribution in [0.5, 0.6) is 0 Å². The number of nitrogens with two attached hydrogens (primary N) is 1. The van der Waals surface area contributed by atoms with Gasteiger partial charge in [0.2, 0.25) is 0 Å². The van der Waals surface area contributed by atoms with Crippen molar-refractivity contribution in [1.29, 1.82) is 0 Å². The Morgan fingerprint density at radius 3 is 2.43 bits per heavy atom. The second-order valence-corrected chi connectivity index (χ2v) is 6.00. The molecule has 8 heteroatoms. The summed E-state index contributed by atoms with van der Waals surface area (Å²) in [7, 11) is -4.43. The van der Waals surface area contributed by atoms with Crippen molar-refractivity contribution >= 4 is 21.4 Å². The first-order valence-corrected chi connectivity index (χ1v) is 7.23. The second-order valence-electron chi connectivity index (χ2n) is 4.35. The Bertz CT molecular complexity index is 807. The molecule has 0 atom stereocenters. The monoisotopic (exact) mass is 316 g/mol. The highest BCUT2D eigenvalue weighted by atomic mass is 32.2. The maximum Gasteiger partial charge on any atom is 0.264 e. The van der Waals surface area contributed by atoms with Crippen molar-refractivity contribution in [2.75, 3.05) is 10.5 Å². The van der Waals surface area contributed by atoms with Gasteiger partial charge in [-0.05, 0) is 36.8 Å². The summed E-state index contributed by atoms with van der Waals surface area (Å²) < 4.78 is 66.2. The molecule has 112 valence electrons. The molecule has 0 aliphatic carbocycles. The third-order valence-corrected chi connectivity index (χ3v) is 4.19. The van der Waals surface area contributed by atoms with Crippen LogP contribution in [-0.2, 0) is 10.0 Å². The number of hydrogen-bond donors (Lipinski definition) is 2. The van der Waals surface area contributed by atoms with Crippen LogP contribution < -0.4 is 10.5 Å². The smallest absolute Gasteiger partial charge is 0.264 e. The first-order chi connectivity index (χ1) is 9.72. The summed E-state index contributed by atoms with van der Waals surface area (Å²) in [5.41, 5.74) is 5.35. The number of nitrogens with one attached hydrogen (secondary N) is 1. The lowest BCUT2D eigenvalue weighted by Gasteiger charge is -2.11. The summed E-state index contributed by atoms with van der Waals surface area (Å²) >= 11 is 0. The Labute approximate surface area is 119 Å². The van der Waals surface area contributed by atoms with Gasteiger partial charge in [-0.1, -0.05) is 6.07 Å². The highest BCUT2D eigenvalue weighted by Gasteiger charge is 2.22. The fraction of sp³-hybridized carbons (Fsp3) is 0.0769. The van der Waals surface area contributed by atoms with Gasteiger partial charge in [0.25, 0.3) is 10.0 Å². The summed E-state index contributed by atoms with van der Waals surface area (Å²) in [4.78, 5) is -0.741. The van der Waals surface area contributed by atoms with Crippen molar-refractivity contribution in [3.63, 3.8) is 0 Å². The van der Waals surface area contributed by atoms with Crippen molar-refractivity contribution in [2.45, 2.75) is 11.8 Å². The van der Waals surface area contributed by atoms with E-state index >= 15 is 0 Å². The third kappa shape index (κ3) is 2.94. The van der Waals surface area contributed by atoms with E-state index in [4.69, 9.17) is 5.73 Å². The van der Waals surface area contributed by atoms with E-state index in [-0.39, 0.29) is 5.69 Å². The lowest BCUT2D eigenvalue weighted by molar-refractivity contribution is 0.511. The minimum atomic E-state index is -4.43. The van der Waals surface area contributed by atoms with Crippen LogP contribution in [0.4, 0.5) is 24.5 Å². The van der Waals surface area contributed by atoms with E-state index in [0.717, 1.165) is 30.3 Å². The predicted molar refractivity (Wildman–Crippen MR) is 72.7 cm³/mol. The van der Waals surface area contributed by atoms with E-state index in [0.29, 0.717) is 5.56 Å². The quantitative estimate of drug-likeness (QED) is 0.855. The fourth-order valence-electron chi connectivity index (χ4n) is 1.66. The van der Waals surface area contributed by atoms with Gasteiger partial charge < -0.3 is 5.73 Å². The number of benzene rings is 2. The van der Waals surface area contributed by atoms with Crippen LogP contribution in [0.3, 0.4) is 0 Å². The van der Waals surface area contributed by atoms with Gasteiger partial charge in [0, 0.05) is 5.69 Å². The van der Waals surface area contributed by atoms with Gasteiger partial charge in [0.05, 0.1) is 5.69 Å². The average Bonchev–Trinajstić information content (AvgIpc) is 2.39. The van der Waals surface area contributed by atoms with Crippen molar-refractivity contribution in [3.8, 4) is 0 Å². The summed E-state index contributed by atoms with van der Waals surface area (Å²) in [6, 6.07) is 4.84. The Kier molecular flexibility index (Phi) is 3.82. The SMILES string of the molecule is Cc1cc(F)c(S(=O)(=O)Nc2cccc(F)c2F)cc1N. The fourth-order valence-corrected chi connectivity index (χ4v) is 2.81. The summed E-state index contributed by atoms with van der Waals surface area (Å²) in [6.45, 7) is 1.51. The molecule has 2 aromatic rings. The Hall–Kier alpha value is -2.22. The molecule has 4 nitrogen and oxygen atoms in total. The first-order valence-electron chi connectivity index (χ1n) is 5.75. The number of nitrogen functional groups attached to an aromatic ring is 1. The molecule has 2 aromatic carbocycles. The molecule has 0 bridgehead atoms. The Morgan fingerprint density at radius 2 is 1.76 bits per heavy atom. The van der Waals surface area contributed by atoms with Crippen LogP contribution in [0.25, 0.3) is 0 Å². The standard InChI is InChI=1S/C13H11F3N2O2S/c1-7-5-9(15)12(6-10(7)17)21(19,20)18-11-4-2-3-8(14)13(11)16/h2-6,18H,17H2,1H3. The molecule has 0 unspecified atom stereocenters. The van der Waals surface area contributed by atoms with Gasteiger partial charge >= 0.3 is 0 Å². The number of anilines is 2. The highest BCUT2D eigenvalue weighted by Crippen LogP contribution is 2.25. The van der Waals surface area contributed by atoms with Crippen LogP contribution in [0.1, 0.15) is 5.56 Å². The van der Waals surface area contributed by atoms with Crippen LogP contribution in [0.2, 0.25) is 0 Å². The van der Waals surface area contributed by atoms with Crippen molar-refractivity contribution < 1.29 is 21.6 Å². The van der Waals surface area contributed by atoms with Gasteiger partial charge in [0.1, 0.15) is 10.7 Å².